The molecule has 1 aromatic carbocycles. The van der Waals surface area contributed by atoms with Gasteiger partial charge in [0.15, 0.2) is 18.4 Å². The van der Waals surface area contributed by atoms with Crippen LogP contribution in [-0.4, -0.2) is 56.7 Å². The molecule has 32 heavy (non-hydrogen) atoms. The fraction of sp³-hybridized carbons (Fsp3) is 0.500. The summed E-state index contributed by atoms with van der Waals surface area (Å²) in [6.45, 7) is 5.41. The van der Waals surface area contributed by atoms with E-state index in [1.54, 1.807) is 51.3 Å². The Labute approximate surface area is 188 Å². The lowest BCUT2D eigenvalue weighted by atomic mass is 10.00. The molecule has 2 aliphatic rings. The summed E-state index contributed by atoms with van der Waals surface area (Å²) in [6, 6.07) is 3.11. The molecule has 0 saturated carbocycles. The van der Waals surface area contributed by atoms with E-state index < -0.39 is 18.0 Å². The Kier molecular flexibility index (Phi) is 7.71. The number of amides is 1. The molecule has 0 unspecified atom stereocenters. The molecule has 3 rings (SSSR count). The van der Waals surface area contributed by atoms with Crippen LogP contribution in [0.25, 0.3) is 6.08 Å². The SMILES string of the molecule is COCOc1cc(OC)cc2c1C(=O)N[C@@H](C)C=CCC(=O)[C@H]1OC(C)(C)O[C@H]1CC=C2. The number of Topliss-reactive ketones (excluding diaryl/α,β-unsaturated/α-hetero) is 1. The molecule has 3 atom stereocenters. The molecule has 174 valence electrons. The third-order valence-corrected chi connectivity index (χ3v) is 5.17. The summed E-state index contributed by atoms with van der Waals surface area (Å²) in [5.74, 6) is -0.322. The van der Waals surface area contributed by atoms with Crippen LogP contribution >= 0.6 is 0 Å². The number of hydrogen-bond donors (Lipinski definition) is 1. The molecule has 1 N–H and O–H groups in total. The summed E-state index contributed by atoms with van der Waals surface area (Å²) in [7, 11) is 3.05. The molecule has 0 spiro atoms. The summed E-state index contributed by atoms with van der Waals surface area (Å²) in [5, 5.41) is 2.93. The summed E-state index contributed by atoms with van der Waals surface area (Å²) in [5.41, 5.74) is 0.982. The molecule has 0 bridgehead atoms. The lowest BCUT2D eigenvalue weighted by molar-refractivity contribution is -0.154. The molecule has 2 heterocycles. The van der Waals surface area contributed by atoms with E-state index in [1.165, 1.54) is 7.11 Å². The Morgan fingerprint density at radius 3 is 2.66 bits per heavy atom. The highest BCUT2D eigenvalue weighted by atomic mass is 16.8. The van der Waals surface area contributed by atoms with Gasteiger partial charge >= 0.3 is 0 Å². The van der Waals surface area contributed by atoms with Crippen molar-refractivity contribution in [3.63, 3.8) is 0 Å². The first-order valence-corrected chi connectivity index (χ1v) is 10.6. The third kappa shape index (κ3) is 5.76. The predicted octanol–water partition coefficient (Wildman–Crippen LogP) is 3.25. The van der Waals surface area contributed by atoms with Crippen molar-refractivity contribution in [2.24, 2.45) is 0 Å². The van der Waals surface area contributed by atoms with Gasteiger partial charge in [-0.25, -0.2) is 0 Å². The topological polar surface area (TPSA) is 92.3 Å². The summed E-state index contributed by atoms with van der Waals surface area (Å²) in [4.78, 5) is 25.9. The number of nitrogens with one attached hydrogen (secondary N) is 1. The van der Waals surface area contributed by atoms with Crippen LogP contribution in [0.5, 0.6) is 11.5 Å². The van der Waals surface area contributed by atoms with Crippen molar-refractivity contribution >= 4 is 17.8 Å². The largest absolute Gasteiger partial charge is 0.497 e. The zero-order valence-electron chi connectivity index (χ0n) is 19.2. The highest BCUT2D eigenvalue weighted by Gasteiger charge is 2.43. The fourth-order valence-electron chi connectivity index (χ4n) is 3.78. The van der Waals surface area contributed by atoms with Crippen molar-refractivity contribution in [3.8, 4) is 11.5 Å². The number of benzene rings is 1. The Morgan fingerprint density at radius 1 is 1.16 bits per heavy atom. The average Bonchev–Trinajstić information content (AvgIpc) is 3.05. The van der Waals surface area contributed by atoms with Gasteiger partial charge in [-0.15, -0.1) is 0 Å². The second-order valence-corrected chi connectivity index (χ2v) is 8.23. The highest BCUT2D eigenvalue weighted by molar-refractivity contribution is 6.01. The quantitative estimate of drug-likeness (QED) is 0.562. The van der Waals surface area contributed by atoms with Gasteiger partial charge in [0, 0.05) is 25.6 Å². The Morgan fingerprint density at radius 2 is 1.94 bits per heavy atom. The number of carbonyl (C=O) groups excluding carboxylic acids is 2. The Balaban J connectivity index is 2.03. The van der Waals surface area contributed by atoms with Crippen LogP contribution in [0.4, 0.5) is 0 Å². The minimum absolute atomic E-state index is 0.0157. The maximum atomic E-state index is 13.1. The van der Waals surface area contributed by atoms with Crippen LogP contribution in [0.3, 0.4) is 0 Å². The van der Waals surface area contributed by atoms with E-state index in [2.05, 4.69) is 5.32 Å². The number of ether oxygens (including phenoxy) is 5. The van der Waals surface area contributed by atoms with Crippen molar-refractivity contribution in [3.05, 3.63) is 41.5 Å². The van der Waals surface area contributed by atoms with Gasteiger partial charge in [0.2, 0.25) is 0 Å². The second-order valence-electron chi connectivity index (χ2n) is 8.23. The minimum atomic E-state index is -0.844. The van der Waals surface area contributed by atoms with Gasteiger partial charge in [-0.3, -0.25) is 9.59 Å². The van der Waals surface area contributed by atoms with E-state index in [-0.39, 0.29) is 30.9 Å². The van der Waals surface area contributed by atoms with Gasteiger partial charge in [-0.05, 0) is 38.8 Å². The number of hydrogen-bond acceptors (Lipinski definition) is 7. The van der Waals surface area contributed by atoms with Crippen molar-refractivity contribution in [1.82, 2.24) is 5.32 Å². The van der Waals surface area contributed by atoms with E-state index in [9.17, 15) is 9.59 Å². The van der Waals surface area contributed by atoms with Crippen LogP contribution in [0.15, 0.2) is 30.4 Å². The number of methoxy groups -OCH3 is 2. The van der Waals surface area contributed by atoms with E-state index >= 15 is 0 Å². The minimum Gasteiger partial charge on any atom is -0.497 e. The van der Waals surface area contributed by atoms with Crippen LogP contribution in [0.2, 0.25) is 0 Å². The fourth-order valence-corrected chi connectivity index (χ4v) is 3.78. The van der Waals surface area contributed by atoms with Gasteiger partial charge in [0.05, 0.1) is 18.8 Å². The van der Waals surface area contributed by atoms with Crippen LogP contribution in [-0.2, 0) is 19.0 Å². The Bertz CT molecular complexity index is 906. The van der Waals surface area contributed by atoms with Crippen LogP contribution < -0.4 is 14.8 Å². The molecular formula is C24H31NO7. The maximum Gasteiger partial charge on any atom is 0.256 e. The first-order chi connectivity index (χ1) is 15.2. The second kappa shape index (κ2) is 10.3. The molecule has 1 fully saturated rings. The number of carbonyl (C=O) groups is 2. The molecular weight excluding hydrogens is 414 g/mol. The van der Waals surface area contributed by atoms with Gasteiger partial charge < -0.3 is 29.0 Å². The molecule has 2 aliphatic heterocycles. The number of ketones is 1. The van der Waals surface area contributed by atoms with Gasteiger partial charge in [0.25, 0.3) is 5.91 Å². The molecule has 0 aromatic heterocycles. The normalized spacial score (nSPS) is 25.5. The van der Waals surface area contributed by atoms with Gasteiger partial charge in [-0.1, -0.05) is 24.3 Å². The lowest BCUT2D eigenvalue weighted by Crippen LogP contribution is -2.33. The maximum absolute atomic E-state index is 13.1. The first kappa shape index (κ1) is 24.0. The Hall–Kier alpha value is -2.68. The number of allylic oxidation sites excluding steroid dienone is 1. The zero-order valence-corrected chi connectivity index (χ0v) is 19.2. The molecule has 8 heteroatoms. The van der Waals surface area contributed by atoms with E-state index in [1.807, 2.05) is 13.0 Å². The van der Waals surface area contributed by atoms with E-state index in [0.717, 1.165) is 0 Å². The first-order valence-electron chi connectivity index (χ1n) is 10.6. The van der Waals surface area contributed by atoms with Crippen LogP contribution in [0.1, 0.15) is 49.5 Å². The van der Waals surface area contributed by atoms with Gasteiger partial charge in [0.1, 0.15) is 17.6 Å². The lowest BCUT2D eigenvalue weighted by Gasteiger charge is -2.18. The number of fused-ring (bicyclic) bond motifs is 2. The molecule has 1 saturated heterocycles. The van der Waals surface area contributed by atoms with Crippen molar-refractivity contribution in [1.29, 1.82) is 0 Å². The summed E-state index contributed by atoms with van der Waals surface area (Å²) >= 11 is 0. The highest BCUT2D eigenvalue weighted by Crippen LogP contribution is 2.33. The molecule has 0 radical (unpaired) electrons. The monoisotopic (exact) mass is 445 g/mol. The third-order valence-electron chi connectivity index (χ3n) is 5.17. The van der Waals surface area contributed by atoms with Crippen molar-refractivity contribution < 1.29 is 33.3 Å². The van der Waals surface area contributed by atoms with Gasteiger partial charge in [-0.2, -0.15) is 0 Å². The zero-order chi connectivity index (χ0) is 23.3. The van der Waals surface area contributed by atoms with E-state index in [4.69, 9.17) is 23.7 Å². The molecule has 1 aromatic rings. The predicted molar refractivity (Wildman–Crippen MR) is 119 cm³/mol. The smallest absolute Gasteiger partial charge is 0.256 e. The van der Waals surface area contributed by atoms with Crippen molar-refractivity contribution in [2.75, 3.05) is 21.0 Å². The summed E-state index contributed by atoms with van der Waals surface area (Å²) < 4.78 is 27.9. The number of rotatable bonds is 4. The average molecular weight is 446 g/mol. The van der Waals surface area contributed by atoms with Crippen molar-refractivity contribution in [2.45, 2.75) is 57.6 Å². The van der Waals surface area contributed by atoms with Crippen LogP contribution in [0, 0.1) is 0 Å². The molecule has 1 amide bonds. The van der Waals surface area contributed by atoms with E-state index in [0.29, 0.717) is 29.0 Å². The summed E-state index contributed by atoms with van der Waals surface area (Å²) in [6.07, 6.45) is 6.76. The standard InChI is InChI=1S/C24H31NO7/c1-15-8-6-10-18(26)22-19(31-24(2,3)32-22)11-7-9-16-12-17(29-5)13-20(30-14-28-4)21(16)23(27)25-15/h6-9,12-13,15,19,22H,10-11,14H2,1-5H3,(H,25,27)/t15-,19-,22+/m0/s1. The molecule has 0 aliphatic carbocycles. The molecule has 8 nitrogen and oxygen atoms in total.